The Hall–Kier alpha value is -1.88. The van der Waals surface area contributed by atoms with E-state index in [-0.39, 0.29) is 25.0 Å². The normalized spacial score (nSPS) is 20.6. The van der Waals surface area contributed by atoms with Crippen LogP contribution in [0.5, 0.6) is 0 Å². The molecular formula is C14H18N2O3. The molecule has 1 heterocycles. The smallest absolute Gasteiger partial charge is 0.223 e. The lowest BCUT2D eigenvalue weighted by Crippen LogP contribution is -2.41. The summed E-state index contributed by atoms with van der Waals surface area (Å²) in [6.07, 6.45) is 0.731. The summed E-state index contributed by atoms with van der Waals surface area (Å²) < 4.78 is 0. The van der Waals surface area contributed by atoms with Crippen molar-refractivity contribution in [2.24, 2.45) is 11.7 Å². The second kappa shape index (κ2) is 5.84. The first-order valence-electron chi connectivity index (χ1n) is 6.35. The molecule has 0 aliphatic carbocycles. The number of amides is 2. The highest BCUT2D eigenvalue weighted by Gasteiger charge is 2.36. The average Bonchev–Trinajstić information content (AvgIpc) is 2.79. The van der Waals surface area contributed by atoms with Gasteiger partial charge in [0.2, 0.25) is 11.8 Å². The average molecular weight is 262 g/mol. The van der Waals surface area contributed by atoms with Crippen LogP contribution in [-0.4, -0.2) is 41.0 Å². The largest absolute Gasteiger partial charge is 0.394 e. The number of carbonyl (C=O) groups excluding carboxylic acids is 2. The fraction of sp³-hybridized carbons (Fsp3) is 0.429. The molecule has 2 unspecified atom stereocenters. The van der Waals surface area contributed by atoms with Crippen LogP contribution in [-0.2, 0) is 16.0 Å². The first-order valence-corrected chi connectivity index (χ1v) is 6.35. The molecule has 0 spiro atoms. The number of aliphatic hydroxyl groups is 1. The Balaban J connectivity index is 2.06. The van der Waals surface area contributed by atoms with Gasteiger partial charge in [0.15, 0.2) is 0 Å². The van der Waals surface area contributed by atoms with Crippen LogP contribution in [0.1, 0.15) is 12.0 Å². The van der Waals surface area contributed by atoms with Gasteiger partial charge in [-0.25, -0.2) is 0 Å². The summed E-state index contributed by atoms with van der Waals surface area (Å²) in [6, 6.07) is 9.37. The van der Waals surface area contributed by atoms with Gasteiger partial charge in [0.1, 0.15) is 0 Å². The third kappa shape index (κ3) is 3.12. The van der Waals surface area contributed by atoms with E-state index in [1.807, 2.05) is 30.3 Å². The molecule has 5 nitrogen and oxygen atoms in total. The molecule has 0 saturated carbocycles. The summed E-state index contributed by atoms with van der Waals surface area (Å²) in [5, 5.41) is 9.48. The molecule has 1 aliphatic rings. The molecule has 0 radical (unpaired) electrons. The maximum atomic E-state index is 11.9. The fourth-order valence-corrected chi connectivity index (χ4v) is 2.43. The Labute approximate surface area is 112 Å². The van der Waals surface area contributed by atoms with Gasteiger partial charge < -0.3 is 15.7 Å². The molecule has 1 fully saturated rings. The number of likely N-dealkylation sites (tertiary alicyclic amines) is 1. The quantitative estimate of drug-likeness (QED) is 0.778. The minimum Gasteiger partial charge on any atom is -0.394 e. The Kier molecular flexibility index (Phi) is 4.16. The van der Waals surface area contributed by atoms with Crippen molar-refractivity contribution in [2.75, 3.05) is 13.2 Å². The lowest BCUT2D eigenvalue weighted by Gasteiger charge is -2.26. The van der Waals surface area contributed by atoms with Crippen LogP contribution in [0.2, 0.25) is 0 Å². The second-order valence-corrected chi connectivity index (χ2v) is 4.88. The van der Waals surface area contributed by atoms with Crippen LogP contribution < -0.4 is 5.73 Å². The Morgan fingerprint density at radius 1 is 1.42 bits per heavy atom. The van der Waals surface area contributed by atoms with Crippen molar-refractivity contribution < 1.29 is 14.7 Å². The lowest BCUT2D eigenvalue weighted by molar-refractivity contribution is -0.130. The van der Waals surface area contributed by atoms with E-state index in [2.05, 4.69) is 0 Å². The minimum absolute atomic E-state index is 0.112. The zero-order chi connectivity index (χ0) is 13.8. The van der Waals surface area contributed by atoms with Crippen LogP contribution >= 0.6 is 0 Å². The van der Waals surface area contributed by atoms with Gasteiger partial charge in [-0.15, -0.1) is 0 Å². The van der Waals surface area contributed by atoms with Gasteiger partial charge in [-0.3, -0.25) is 9.59 Å². The summed E-state index contributed by atoms with van der Waals surface area (Å²) in [4.78, 5) is 24.6. The monoisotopic (exact) mass is 262 g/mol. The summed E-state index contributed by atoms with van der Waals surface area (Å²) >= 11 is 0. The molecular weight excluding hydrogens is 244 g/mol. The lowest BCUT2D eigenvalue weighted by atomic mass is 10.1. The van der Waals surface area contributed by atoms with Crippen molar-refractivity contribution in [1.29, 1.82) is 0 Å². The van der Waals surface area contributed by atoms with E-state index in [0.717, 1.165) is 5.56 Å². The molecule has 19 heavy (non-hydrogen) atoms. The van der Waals surface area contributed by atoms with E-state index in [1.54, 1.807) is 4.90 Å². The number of aliphatic hydroxyl groups excluding tert-OH is 1. The van der Waals surface area contributed by atoms with E-state index >= 15 is 0 Å². The molecule has 102 valence electrons. The van der Waals surface area contributed by atoms with Crippen molar-refractivity contribution in [3.63, 3.8) is 0 Å². The molecule has 0 aromatic heterocycles. The van der Waals surface area contributed by atoms with E-state index in [4.69, 9.17) is 5.73 Å². The Bertz CT molecular complexity index is 461. The molecule has 1 aromatic rings. The predicted octanol–water partition coefficient (Wildman–Crippen LogP) is -0.0762. The summed E-state index contributed by atoms with van der Waals surface area (Å²) in [7, 11) is 0. The van der Waals surface area contributed by atoms with E-state index in [1.165, 1.54) is 0 Å². The van der Waals surface area contributed by atoms with Gasteiger partial charge in [-0.2, -0.15) is 0 Å². The van der Waals surface area contributed by atoms with Gasteiger partial charge >= 0.3 is 0 Å². The number of nitrogens with two attached hydrogens (primary N) is 1. The summed E-state index contributed by atoms with van der Waals surface area (Å²) in [5.41, 5.74) is 6.29. The van der Waals surface area contributed by atoms with Crippen LogP contribution in [0.15, 0.2) is 30.3 Å². The van der Waals surface area contributed by atoms with Gasteiger partial charge in [0, 0.05) is 13.0 Å². The SMILES string of the molecule is NC(=O)C1CC(=O)N(C(CO)Cc2ccccc2)C1. The molecule has 2 atom stereocenters. The number of benzene rings is 1. The Morgan fingerprint density at radius 2 is 2.11 bits per heavy atom. The molecule has 1 aromatic carbocycles. The number of hydrogen-bond donors (Lipinski definition) is 2. The molecule has 2 amide bonds. The number of rotatable bonds is 5. The van der Waals surface area contributed by atoms with E-state index < -0.39 is 11.8 Å². The summed E-state index contributed by atoms with van der Waals surface area (Å²) in [6.45, 7) is 0.193. The van der Waals surface area contributed by atoms with Crippen LogP contribution in [0.4, 0.5) is 0 Å². The van der Waals surface area contributed by atoms with Gasteiger partial charge in [0.05, 0.1) is 18.6 Å². The molecule has 1 saturated heterocycles. The third-order valence-corrected chi connectivity index (χ3v) is 3.53. The standard InChI is InChI=1S/C14H18N2O3/c15-14(19)11-7-13(18)16(8-11)12(9-17)6-10-4-2-1-3-5-10/h1-5,11-12,17H,6-9H2,(H2,15,19). The highest BCUT2D eigenvalue weighted by Crippen LogP contribution is 2.21. The van der Waals surface area contributed by atoms with Crippen molar-refractivity contribution in [3.8, 4) is 0 Å². The van der Waals surface area contributed by atoms with E-state index in [0.29, 0.717) is 13.0 Å². The topological polar surface area (TPSA) is 83.6 Å². The second-order valence-electron chi connectivity index (χ2n) is 4.88. The number of hydrogen-bond acceptors (Lipinski definition) is 3. The van der Waals surface area contributed by atoms with Crippen molar-refractivity contribution in [2.45, 2.75) is 18.9 Å². The first-order chi connectivity index (χ1) is 9.11. The third-order valence-electron chi connectivity index (χ3n) is 3.53. The zero-order valence-corrected chi connectivity index (χ0v) is 10.7. The van der Waals surface area contributed by atoms with Gasteiger partial charge in [0.25, 0.3) is 0 Å². The highest BCUT2D eigenvalue weighted by atomic mass is 16.3. The first kappa shape index (κ1) is 13.5. The molecule has 2 rings (SSSR count). The molecule has 3 N–H and O–H groups in total. The minimum atomic E-state index is -0.452. The van der Waals surface area contributed by atoms with Crippen molar-refractivity contribution in [3.05, 3.63) is 35.9 Å². The van der Waals surface area contributed by atoms with Crippen molar-refractivity contribution >= 4 is 11.8 Å². The Morgan fingerprint density at radius 3 is 2.63 bits per heavy atom. The zero-order valence-electron chi connectivity index (χ0n) is 10.7. The fourth-order valence-electron chi connectivity index (χ4n) is 2.43. The van der Waals surface area contributed by atoms with Crippen LogP contribution in [0.3, 0.4) is 0 Å². The highest BCUT2D eigenvalue weighted by molar-refractivity contribution is 5.88. The number of primary amides is 1. The number of nitrogens with zero attached hydrogens (tertiary/aromatic N) is 1. The van der Waals surface area contributed by atoms with Gasteiger partial charge in [-0.05, 0) is 12.0 Å². The molecule has 5 heteroatoms. The van der Waals surface area contributed by atoms with Crippen LogP contribution in [0.25, 0.3) is 0 Å². The van der Waals surface area contributed by atoms with Crippen LogP contribution in [0, 0.1) is 5.92 Å². The predicted molar refractivity (Wildman–Crippen MR) is 70.0 cm³/mol. The molecule has 0 bridgehead atoms. The number of carbonyl (C=O) groups is 2. The van der Waals surface area contributed by atoms with Crippen molar-refractivity contribution in [1.82, 2.24) is 4.90 Å². The summed E-state index contributed by atoms with van der Waals surface area (Å²) in [5.74, 6) is -0.997. The molecule has 1 aliphatic heterocycles. The van der Waals surface area contributed by atoms with E-state index in [9.17, 15) is 14.7 Å². The maximum Gasteiger partial charge on any atom is 0.223 e. The maximum absolute atomic E-state index is 11.9. The van der Waals surface area contributed by atoms with Gasteiger partial charge in [-0.1, -0.05) is 30.3 Å².